The highest BCUT2D eigenvalue weighted by Crippen LogP contribution is 2.35. The first kappa shape index (κ1) is 17.6. The number of thioether (sulfide) groups is 1. The summed E-state index contributed by atoms with van der Waals surface area (Å²) in [5.74, 6) is 2.75. The van der Waals surface area contributed by atoms with Crippen molar-refractivity contribution in [3.8, 4) is 11.5 Å². The number of aryl methyl sites for hydroxylation is 1. The summed E-state index contributed by atoms with van der Waals surface area (Å²) in [5.41, 5.74) is 2.23. The lowest BCUT2D eigenvalue weighted by atomic mass is 10.1. The molecule has 2 aromatic rings. The fraction of sp³-hybridized carbons (Fsp3) is 0.500. The maximum absolute atomic E-state index is 5.67. The van der Waals surface area contributed by atoms with Crippen molar-refractivity contribution in [2.45, 2.75) is 24.8 Å². The molecule has 0 unspecified atom stereocenters. The van der Waals surface area contributed by atoms with E-state index in [1.807, 2.05) is 23.9 Å². The van der Waals surface area contributed by atoms with E-state index in [0.29, 0.717) is 13.2 Å². The van der Waals surface area contributed by atoms with Crippen molar-refractivity contribution >= 4 is 35.1 Å². The first-order valence-electron chi connectivity index (χ1n) is 8.36. The van der Waals surface area contributed by atoms with Gasteiger partial charge in [0, 0.05) is 23.8 Å². The largest absolute Gasteiger partial charge is 0.486 e. The van der Waals surface area contributed by atoms with Crippen molar-refractivity contribution in [2.24, 2.45) is 0 Å². The van der Waals surface area contributed by atoms with Crippen molar-refractivity contribution in [1.29, 1.82) is 0 Å². The van der Waals surface area contributed by atoms with E-state index in [9.17, 15) is 0 Å². The number of aromatic nitrogens is 1. The van der Waals surface area contributed by atoms with Gasteiger partial charge in [0.05, 0.1) is 10.5 Å². The molecule has 2 aliphatic heterocycles. The van der Waals surface area contributed by atoms with Gasteiger partial charge in [0.15, 0.2) is 11.5 Å². The van der Waals surface area contributed by atoms with Crippen LogP contribution in [0.3, 0.4) is 0 Å². The van der Waals surface area contributed by atoms with E-state index in [1.54, 1.807) is 0 Å². The molecule has 0 bridgehead atoms. The Labute approximate surface area is 153 Å². The van der Waals surface area contributed by atoms with E-state index in [1.165, 1.54) is 31.5 Å². The molecule has 0 radical (unpaired) electrons. The molecule has 0 N–H and O–H groups in total. The van der Waals surface area contributed by atoms with Crippen molar-refractivity contribution < 1.29 is 9.47 Å². The van der Waals surface area contributed by atoms with Crippen molar-refractivity contribution in [1.82, 2.24) is 9.88 Å². The molecular formula is C18H23ClN2O2S. The molecule has 0 spiro atoms. The van der Waals surface area contributed by atoms with Crippen LogP contribution in [0.15, 0.2) is 23.2 Å². The number of nitrogens with zero attached hydrogens (tertiary/aromatic N) is 2. The first-order chi connectivity index (χ1) is 11.3. The van der Waals surface area contributed by atoms with Gasteiger partial charge in [-0.05, 0) is 50.6 Å². The van der Waals surface area contributed by atoms with E-state index in [0.717, 1.165) is 39.7 Å². The van der Waals surface area contributed by atoms with E-state index >= 15 is 0 Å². The van der Waals surface area contributed by atoms with Crippen LogP contribution in [0, 0.1) is 6.92 Å². The number of benzene rings is 1. The lowest BCUT2D eigenvalue weighted by molar-refractivity contribution is 0.172. The summed E-state index contributed by atoms with van der Waals surface area (Å²) in [6, 6.07) is 6.26. The zero-order valence-electron chi connectivity index (χ0n) is 13.9. The first-order valence-corrected chi connectivity index (χ1v) is 9.34. The Morgan fingerprint density at radius 2 is 1.79 bits per heavy atom. The normalized spacial score (nSPS) is 17.0. The molecule has 24 heavy (non-hydrogen) atoms. The average molecular weight is 367 g/mol. The summed E-state index contributed by atoms with van der Waals surface area (Å²) in [7, 11) is 0. The van der Waals surface area contributed by atoms with Crippen LogP contribution in [-0.2, 0) is 0 Å². The molecule has 130 valence electrons. The van der Waals surface area contributed by atoms with Gasteiger partial charge in [0.2, 0.25) is 0 Å². The summed E-state index contributed by atoms with van der Waals surface area (Å²) in [6.07, 6.45) is 2.70. The second-order valence-corrected chi connectivity index (χ2v) is 7.28. The van der Waals surface area contributed by atoms with Gasteiger partial charge in [-0.25, -0.2) is 4.98 Å². The van der Waals surface area contributed by atoms with Gasteiger partial charge in [-0.1, -0.05) is 0 Å². The van der Waals surface area contributed by atoms with Gasteiger partial charge in [-0.3, -0.25) is 0 Å². The smallest absolute Gasteiger partial charge is 0.163 e. The molecule has 0 amide bonds. The number of rotatable bonds is 4. The van der Waals surface area contributed by atoms with E-state index in [2.05, 4.69) is 17.9 Å². The van der Waals surface area contributed by atoms with Gasteiger partial charge in [-0.15, -0.1) is 24.2 Å². The number of pyridine rings is 1. The average Bonchev–Trinajstić information content (AvgIpc) is 3.07. The molecule has 1 aromatic heterocycles. The maximum Gasteiger partial charge on any atom is 0.163 e. The summed E-state index contributed by atoms with van der Waals surface area (Å²) in [6.45, 7) is 7.05. The summed E-state index contributed by atoms with van der Waals surface area (Å²) in [4.78, 5) is 7.40. The highest BCUT2D eigenvalue weighted by atomic mass is 35.5. The topological polar surface area (TPSA) is 34.6 Å². The lowest BCUT2D eigenvalue weighted by Crippen LogP contribution is -2.21. The van der Waals surface area contributed by atoms with Crippen LogP contribution in [0.4, 0.5) is 0 Å². The van der Waals surface area contributed by atoms with E-state index in [4.69, 9.17) is 14.5 Å². The minimum Gasteiger partial charge on any atom is -0.486 e. The third-order valence-electron chi connectivity index (χ3n) is 4.47. The molecule has 0 saturated carbocycles. The zero-order chi connectivity index (χ0) is 15.6. The predicted molar refractivity (Wildman–Crippen MR) is 101 cm³/mol. The second kappa shape index (κ2) is 7.81. The number of hydrogen-bond acceptors (Lipinski definition) is 5. The molecule has 1 aromatic carbocycles. The molecule has 0 atom stereocenters. The highest BCUT2D eigenvalue weighted by Gasteiger charge is 2.15. The monoisotopic (exact) mass is 366 g/mol. The molecular weight excluding hydrogens is 344 g/mol. The number of halogens is 1. The third kappa shape index (κ3) is 3.73. The third-order valence-corrected chi connectivity index (χ3v) is 5.54. The van der Waals surface area contributed by atoms with Crippen molar-refractivity contribution in [2.75, 3.05) is 38.6 Å². The van der Waals surface area contributed by atoms with Crippen LogP contribution in [0.25, 0.3) is 10.9 Å². The SMILES string of the molecule is Cc1cc2cc3c(cc2nc1SCCN1CCCC1)OCCO3.Cl. The Kier molecular flexibility index (Phi) is 5.74. The van der Waals surface area contributed by atoms with Crippen molar-refractivity contribution in [3.63, 3.8) is 0 Å². The fourth-order valence-electron chi connectivity index (χ4n) is 3.22. The molecule has 0 aliphatic carbocycles. The molecule has 1 saturated heterocycles. The Morgan fingerprint density at radius 3 is 2.54 bits per heavy atom. The minimum absolute atomic E-state index is 0. The standard InChI is InChI=1S/C18H22N2O2S.ClH/c1-13-10-14-11-16-17(22-8-7-21-16)12-15(14)19-18(13)23-9-6-20-4-2-3-5-20;/h10-12H,2-9H2,1H3;1H. The van der Waals surface area contributed by atoms with Crippen LogP contribution in [-0.4, -0.2) is 48.5 Å². The molecule has 2 aliphatic rings. The minimum atomic E-state index is 0. The Morgan fingerprint density at radius 1 is 1.08 bits per heavy atom. The lowest BCUT2D eigenvalue weighted by Gasteiger charge is -2.19. The van der Waals surface area contributed by atoms with Crippen molar-refractivity contribution in [3.05, 3.63) is 23.8 Å². The molecule has 3 heterocycles. The van der Waals surface area contributed by atoms with Gasteiger partial charge in [-0.2, -0.15) is 0 Å². The zero-order valence-corrected chi connectivity index (χ0v) is 15.5. The van der Waals surface area contributed by atoms with Gasteiger partial charge in [0.1, 0.15) is 13.2 Å². The van der Waals surface area contributed by atoms with Gasteiger partial charge >= 0.3 is 0 Å². The van der Waals surface area contributed by atoms with Crippen LogP contribution >= 0.6 is 24.2 Å². The summed E-state index contributed by atoms with van der Waals surface area (Å²) < 4.78 is 11.3. The van der Waals surface area contributed by atoms with Crippen LogP contribution in [0.5, 0.6) is 11.5 Å². The number of fused-ring (bicyclic) bond motifs is 2. The number of hydrogen-bond donors (Lipinski definition) is 0. The van der Waals surface area contributed by atoms with Gasteiger partial charge in [0.25, 0.3) is 0 Å². The van der Waals surface area contributed by atoms with E-state index in [-0.39, 0.29) is 12.4 Å². The van der Waals surface area contributed by atoms with Gasteiger partial charge < -0.3 is 14.4 Å². The van der Waals surface area contributed by atoms with Crippen LogP contribution < -0.4 is 9.47 Å². The van der Waals surface area contributed by atoms with Crippen LogP contribution in [0.2, 0.25) is 0 Å². The highest BCUT2D eigenvalue weighted by molar-refractivity contribution is 7.99. The summed E-state index contributed by atoms with van der Waals surface area (Å²) in [5, 5.41) is 2.25. The number of ether oxygens (including phenoxy) is 2. The van der Waals surface area contributed by atoms with Crippen LogP contribution in [0.1, 0.15) is 18.4 Å². The maximum atomic E-state index is 5.67. The molecule has 1 fully saturated rings. The Balaban J connectivity index is 0.00000169. The molecule has 6 heteroatoms. The number of likely N-dealkylation sites (tertiary alicyclic amines) is 1. The predicted octanol–water partition coefficient (Wildman–Crippen LogP) is 3.92. The summed E-state index contributed by atoms with van der Waals surface area (Å²) >= 11 is 1.86. The Hall–Kier alpha value is -1.17. The molecule has 4 rings (SSSR count). The Bertz CT molecular complexity index is 720. The fourth-order valence-corrected chi connectivity index (χ4v) is 4.21. The second-order valence-electron chi connectivity index (χ2n) is 6.20. The quantitative estimate of drug-likeness (QED) is 0.766. The molecule has 4 nitrogen and oxygen atoms in total. The van der Waals surface area contributed by atoms with E-state index < -0.39 is 0 Å².